The summed E-state index contributed by atoms with van der Waals surface area (Å²) in [6.07, 6.45) is 2.88. The van der Waals surface area contributed by atoms with Gasteiger partial charge in [0.25, 0.3) is 0 Å². The second-order valence-electron chi connectivity index (χ2n) is 3.89. The molecule has 0 bridgehead atoms. The SMILES string of the molecule is Fc1ccc(Br)c(F)c1CSc1ncnc2nc[nH]c12. The predicted octanol–water partition coefficient (Wildman–Crippen LogP) is 3.69. The molecule has 102 valence electrons. The van der Waals surface area contributed by atoms with Gasteiger partial charge in [0.05, 0.1) is 10.8 Å². The third kappa shape index (κ3) is 2.40. The summed E-state index contributed by atoms with van der Waals surface area (Å²) in [6, 6.07) is 2.57. The van der Waals surface area contributed by atoms with Gasteiger partial charge in [0, 0.05) is 11.3 Å². The number of nitrogens with one attached hydrogen (secondary N) is 1. The zero-order chi connectivity index (χ0) is 14.1. The van der Waals surface area contributed by atoms with Gasteiger partial charge in [0.1, 0.15) is 28.5 Å². The Kier molecular flexibility index (Phi) is 3.66. The quantitative estimate of drug-likeness (QED) is 0.441. The highest BCUT2D eigenvalue weighted by Gasteiger charge is 2.14. The Labute approximate surface area is 125 Å². The highest BCUT2D eigenvalue weighted by molar-refractivity contribution is 9.10. The lowest BCUT2D eigenvalue weighted by molar-refractivity contribution is 0.562. The zero-order valence-electron chi connectivity index (χ0n) is 9.90. The number of benzene rings is 1. The van der Waals surface area contributed by atoms with Crippen molar-refractivity contribution in [1.82, 2.24) is 19.9 Å². The Balaban J connectivity index is 1.90. The summed E-state index contributed by atoms with van der Waals surface area (Å²) in [6.45, 7) is 0. The van der Waals surface area contributed by atoms with E-state index in [0.717, 1.165) is 0 Å². The summed E-state index contributed by atoms with van der Waals surface area (Å²) in [7, 11) is 0. The number of rotatable bonds is 3. The van der Waals surface area contributed by atoms with E-state index in [-0.39, 0.29) is 15.8 Å². The Morgan fingerprint density at radius 3 is 2.90 bits per heavy atom. The van der Waals surface area contributed by atoms with Crippen molar-refractivity contribution < 1.29 is 8.78 Å². The fraction of sp³-hybridized carbons (Fsp3) is 0.0833. The van der Waals surface area contributed by atoms with Gasteiger partial charge in [-0.1, -0.05) is 11.8 Å². The van der Waals surface area contributed by atoms with Crippen LogP contribution in [0.1, 0.15) is 5.56 Å². The summed E-state index contributed by atoms with van der Waals surface area (Å²) in [4.78, 5) is 15.0. The second-order valence-corrected chi connectivity index (χ2v) is 5.71. The molecule has 0 spiro atoms. The van der Waals surface area contributed by atoms with Crippen molar-refractivity contribution in [3.8, 4) is 0 Å². The van der Waals surface area contributed by atoms with E-state index in [1.54, 1.807) is 0 Å². The number of fused-ring (bicyclic) bond motifs is 1. The Bertz CT molecular complexity index is 777. The van der Waals surface area contributed by atoms with E-state index in [4.69, 9.17) is 0 Å². The molecule has 0 unspecified atom stereocenters. The molecular weight excluding hydrogens is 350 g/mol. The molecule has 8 heteroatoms. The van der Waals surface area contributed by atoms with Gasteiger partial charge in [0.15, 0.2) is 5.65 Å². The highest BCUT2D eigenvalue weighted by atomic mass is 79.9. The lowest BCUT2D eigenvalue weighted by atomic mass is 10.2. The number of hydrogen-bond donors (Lipinski definition) is 1. The maximum atomic E-state index is 13.9. The van der Waals surface area contributed by atoms with Crippen LogP contribution >= 0.6 is 27.7 Å². The fourth-order valence-corrected chi connectivity index (χ4v) is 3.03. The first-order valence-electron chi connectivity index (χ1n) is 5.56. The molecule has 0 radical (unpaired) electrons. The van der Waals surface area contributed by atoms with Crippen molar-refractivity contribution in [3.63, 3.8) is 0 Å². The summed E-state index contributed by atoms with van der Waals surface area (Å²) in [5.41, 5.74) is 1.20. The maximum absolute atomic E-state index is 13.9. The lowest BCUT2D eigenvalue weighted by Gasteiger charge is -2.06. The molecule has 2 heterocycles. The highest BCUT2D eigenvalue weighted by Crippen LogP contribution is 2.30. The molecule has 3 aromatic rings. The van der Waals surface area contributed by atoms with E-state index in [9.17, 15) is 8.78 Å². The first-order chi connectivity index (χ1) is 9.66. The Hall–Kier alpha value is -1.54. The van der Waals surface area contributed by atoms with Crippen molar-refractivity contribution in [2.24, 2.45) is 0 Å². The van der Waals surface area contributed by atoms with Gasteiger partial charge in [-0.25, -0.2) is 23.7 Å². The number of nitrogens with zero attached hydrogens (tertiary/aromatic N) is 3. The van der Waals surface area contributed by atoms with Gasteiger partial charge in [-0.15, -0.1) is 0 Å². The molecule has 20 heavy (non-hydrogen) atoms. The van der Waals surface area contributed by atoms with E-state index in [0.29, 0.717) is 16.2 Å². The van der Waals surface area contributed by atoms with Gasteiger partial charge in [-0.3, -0.25) is 0 Å². The molecule has 2 aromatic heterocycles. The summed E-state index contributed by atoms with van der Waals surface area (Å²) in [5, 5.41) is 0.603. The summed E-state index contributed by atoms with van der Waals surface area (Å²) >= 11 is 4.27. The van der Waals surface area contributed by atoms with Gasteiger partial charge in [0.2, 0.25) is 0 Å². The molecule has 0 saturated carbocycles. The van der Waals surface area contributed by atoms with Crippen LogP contribution in [0.2, 0.25) is 0 Å². The van der Waals surface area contributed by atoms with Crippen molar-refractivity contribution in [3.05, 3.63) is 46.5 Å². The van der Waals surface area contributed by atoms with E-state index >= 15 is 0 Å². The first kappa shape index (κ1) is 13.4. The van der Waals surface area contributed by atoms with Crippen molar-refractivity contribution in [2.45, 2.75) is 10.8 Å². The monoisotopic (exact) mass is 356 g/mol. The van der Waals surface area contributed by atoms with Crippen LogP contribution in [-0.2, 0) is 5.75 Å². The topological polar surface area (TPSA) is 54.5 Å². The largest absolute Gasteiger partial charge is 0.341 e. The third-order valence-corrected chi connectivity index (χ3v) is 4.31. The molecule has 4 nitrogen and oxygen atoms in total. The zero-order valence-corrected chi connectivity index (χ0v) is 12.3. The molecule has 0 fully saturated rings. The van der Waals surface area contributed by atoms with Crippen LogP contribution in [0.4, 0.5) is 8.78 Å². The van der Waals surface area contributed by atoms with Crippen LogP contribution in [-0.4, -0.2) is 19.9 Å². The first-order valence-corrected chi connectivity index (χ1v) is 7.34. The number of hydrogen-bond acceptors (Lipinski definition) is 4. The van der Waals surface area contributed by atoms with Gasteiger partial charge in [-0.05, 0) is 28.1 Å². The molecule has 0 atom stereocenters. The second kappa shape index (κ2) is 5.45. The molecule has 3 rings (SSSR count). The Morgan fingerprint density at radius 2 is 2.05 bits per heavy atom. The molecule has 0 amide bonds. The van der Waals surface area contributed by atoms with Crippen LogP contribution in [0.3, 0.4) is 0 Å². The number of imidazole rings is 1. The van der Waals surface area contributed by atoms with Crippen LogP contribution < -0.4 is 0 Å². The standard InChI is InChI=1S/C12H7BrF2N4S/c13-7-1-2-8(14)6(9(7)15)3-20-12-10-11(17-4-16-10)18-5-19-12/h1-2,4-5H,3H2,(H,16,17,18,19). The number of thioether (sulfide) groups is 1. The molecule has 1 N–H and O–H groups in total. The number of H-pyrrole nitrogens is 1. The fourth-order valence-electron chi connectivity index (χ4n) is 1.69. The van der Waals surface area contributed by atoms with Crippen molar-refractivity contribution >= 4 is 38.9 Å². The Morgan fingerprint density at radius 1 is 1.20 bits per heavy atom. The lowest BCUT2D eigenvalue weighted by Crippen LogP contribution is -1.95. The smallest absolute Gasteiger partial charge is 0.181 e. The van der Waals surface area contributed by atoms with Gasteiger partial charge >= 0.3 is 0 Å². The van der Waals surface area contributed by atoms with Gasteiger partial charge in [-0.2, -0.15) is 0 Å². The van der Waals surface area contributed by atoms with E-state index < -0.39 is 11.6 Å². The minimum atomic E-state index is -0.590. The average molecular weight is 357 g/mol. The minimum absolute atomic E-state index is 0.00986. The van der Waals surface area contributed by atoms with Crippen LogP contribution in [0.15, 0.2) is 34.3 Å². The molecule has 0 aliphatic carbocycles. The van der Waals surface area contributed by atoms with Crippen molar-refractivity contribution in [2.75, 3.05) is 0 Å². The molecular formula is C12H7BrF2N4S. The van der Waals surface area contributed by atoms with Gasteiger partial charge < -0.3 is 4.98 Å². The number of halogens is 3. The van der Waals surface area contributed by atoms with Crippen molar-refractivity contribution in [1.29, 1.82) is 0 Å². The maximum Gasteiger partial charge on any atom is 0.181 e. The minimum Gasteiger partial charge on any atom is -0.341 e. The number of aromatic amines is 1. The molecule has 0 saturated heterocycles. The summed E-state index contributed by atoms with van der Waals surface area (Å²) in [5.74, 6) is -1.04. The van der Waals surface area contributed by atoms with Crippen LogP contribution in [0, 0.1) is 11.6 Å². The molecule has 0 aliphatic heterocycles. The third-order valence-electron chi connectivity index (χ3n) is 2.68. The van der Waals surface area contributed by atoms with Crippen LogP contribution in [0.5, 0.6) is 0 Å². The normalized spacial score (nSPS) is 11.2. The number of aromatic nitrogens is 4. The summed E-state index contributed by atoms with van der Waals surface area (Å²) < 4.78 is 27.8. The van der Waals surface area contributed by atoms with Crippen LogP contribution in [0.25, 0.3) is 11.2 Å². The average Bonchev–Trinajstić information content (AvgIpc) is 2.92. The molecule has 0 aliphatic rings. The van der Waals surface area contributed by atoms with E-state index in [2.05, 4.69) is 35.9 Å². The van der Waals surface area contributed by atoms with E-state index in [1.165, 1.54) is 36.5 Å². The predicted molar refractivity (Wildman–Crippen MR) is 75.3 cm³/mol. The van der Waals surface area contributed by atoms with E-state index in [1.807, 2.05) is 0 Å². The molecule has 1 aromatic carbocycles.